The lowest BCUT2D eigenvalue weighted by Crippen LogP contribution is -2.37. The van der Waals surface area contributed by atoms with Crippen LogP contribution in [-0.2, 0) is 0 Å². The Balaban J connectivity index is 1.95. The molecule has 1 aromatic carbocycles. The van der Waals surface area contributed by atoms with Gasteiger partial charge in [0.05, 0.1) is 11.6 Å². The van der Waals surface area contributed by atoms with Gasteiger partial charge in [0, 0.05) is 29.0 Å². The van der Waals surface area contributed by atoms with Crippen LogP contribution in [0.1, 0.15) is 29.6 Å². The maximum atomic E-state index is 12.5. The standard InChI is InChI=1S/C14H14BrClF3NO/c15-9-1-4-11(12(16)7-9)13(21)5-6-20(10-2-3-10)8-14(17,18)19/h1,4,7,10H,2-3,5-6,8H2. The van der Waals surface area contributed by atoms with Gasteiger partial charge < -0.3 is 0 Å². The van der Waals surface area contributed by atoms with Gasteiger partial charge in [-0.05, 0) is 31.0 Å². The minimum absolute atomic E-state index is 0.0356. The highest BCUT2D eigenvalue weighted by Gasteiger charge is 2.37. The molecule has 0 amide bonds. The molecule has 0 atom stereocenters. The van der Waals surface area contributed by atoms with Crippen LogP contribution < -0.4 is 0 Å². The van der Waals surface area contributed by atoms with Crippen molar-refractivity contribution in [3.8, 4) is 0 Å². The summed E-state index contributed by atoms with van der Waals surface area (Å²) in [6.45, 7) is -0.853. The normalized spacial score (nSPS) is 15.5. The highest BCUT2D eigenvalue weighted by Crippen LogP contribution is 2.30. The van der Waals surface area contributed by atoms with Crippen molar-refractivity contribution in [2.75, 3.05) is 13.1 Å². The number of hydrogen-bond acceptors (Lipinski definition) is 2. The molecule has 1 aromatic rings. The first-order chi connectivity index (χ1) is 9.76. The van der Waals surface area contributed by atoms with Gasteiger partial charge in [0.1, 0.15) is 0 Å². The first-order valence-corrected chi connectivity index (χ1v) is 7.72. The number of nitrogens with zero attached hydrogens (tertiary/aromatic N) is 1. The Kier molecular flexibility index (Phi) is 5.33. The van der Waals surface area contributed by atoms with Gasteiger partial charge in [-0.2, -0.15) is 13.2 Å². The van der Waals surface area contributed by atoms with E-state index in [1.165, 1.54) is 4.90 Å². The van der Waals surface area contributed by atoms with Crippen LogP contribution in [0, 0.1) is 0 Å². The third-order valence-electron chi connectivity index (χ3n) is 3.30. The van der Waals surface area contributed by atoms with Crippen molar-refractivity contribution < 1.29 is 18.0 Å². The van der Waals surface area contributed by atoms with Crippen LogP contribution in [0.3, 0.4) is 0 Å². The van der Waals surface area contributed by atoms with Gasteiger partial charge in [0.2, 0.25) is 0 Å². The van der Waals surface area contributed by atoms with E-state index >= 15 is 0 Å². The van der Waals surface area contributed by atoms with Crippen LogP contribution in [0.15, 0.2) is 22.7 Å². The Morgan fingerprint density at radius 2 is 2.05 bits per heavy atom. The largest absolute Gasteiger partial charge is 0.401 e. The maximum Gasteiger partial charge on any atom is 0.401 e. The minimum atomic E-state index is -4.24. The molecule has 21 heavy (non-hydrogen) atoms. The number of ketones is 1. The summed E-state index contributed by atoms with van der Waals surface area (Å²) in [5.41, 5.74) is 0.350. The Bertz CT molecular complexity index is 531. The quantitative estimate of drug-likeness (QED) is 0.663. The Morgan fingerprint density at radius 3 is 2.57 bits per heavy atom. The Labute approximate surface area is 134 Å². The second kappa shape index (κ2) is 6.67. The molecule has 0 bridgehead atoms. The first-order valence-electron chi connectivity index (χ1n) is 6.55. The third-order valence-corrected chi connectivity index (χ3v) is 4.11. The van der Waals surface area contributed by atoms with Crippen molar-refractivity contribution in [2.45, 2.75) is 31.5 Å². The highest BCUT2D eigenvalue weighted by molar-refractivity contribution is 9.10. The summed E-state index contributed by atoms with van der Waals surface area (Å²) in [5.74, 6) is -0.236. The number of hydrogen-bond donors (Lipinski definition) is 0. The number of rotatable bonds is 6. The Hall–Kier alpha value is -0.590. The van der Waals surface area contributed by atoms with Gasteiger partial charge in [-0.25, -0.2) is 0 Å². The highest BCUT2D eigenvalue weighted by atomic mass is 79.9. The van der Waals surface area contributed by atoms with E-state index in [0.717, 1.165) is 17.3 Å². The van der Waals surface area contributed by atoms with Crippen molar-refractivity contribution in [1.29, 1.82) is 0 Å². The molecule has 116 valence electrons. The maximum absolute atomic E-state index is 12.5. The lowest BCUT2D eigenvalue weighted by molar-refractivity contribution is -0.147. The summed E-state index contributed by atoms with van der Waals surface area (Å²) in [6, 6.07) is 4.83. The summed E-state index contributed by atoms with van der Waals surface area (Å²) in [6.07, 6.45) is -2.67. The number of halogens is 5. The fourth-order valence-corrected chi connectivity index (χ4v) is 2.93. The lowest BCUT2D eigenvalue weighted by Gasteiger charge is -2.23. The van der Waals surface area contributed by atoms with Crippen LogP contribution in [0.5, 0.6) is 0 Å². The number of carbonyl (C=O) groups is 1. The van der Waals surface area contributed by atoms with Crippen molar-refractivity contribution in [2.24, 2.45) is 0 Å². The summed E-state index contributed by atoms with van der Waals surface area (Å²) < 4.78 is 38.2. The number of Topliss-reactive ketones (excluding diaryl/α,β-unsaturated/α-hetero) is 1. The predicted molar refractivity (Wildman–Crippen MR) is 78.7 cm³/mol. The predicted octanol–water partition coefficient (Wildman–Crippen LogP) is 4.70. The second-order valence-electron chi connectivity index (χ2n) is 5.11. The molecule has 1 fully saturated rings. The topological polar surface area (TPSA) is 20.3 Å². The molecule has 2 rings (SSSR count). The lowest BCUT2D eigenvalue weighted by atomic mass is 10.1. The molecule has 0 heterocycles. The van der Waals surface area contributed by atoms with Gasteiger partial charge >= 0.3 is 6.18 Å². The smallest absolute Gasteiger partial charge is 0.294 e. The zero-order chi connectivity index (χ0) is 15.6. The summed E-state index contributed by atoms with van der Waals surface area (Å²) in [4.78, 5) is 13.4. The van der Waals surface area contributed by atoms with Crippen molar-refractivity contribution >= 4 is 33.3 Å². The molecule has 2 nitrogen and oxygen atoms in total. The molecule has 0 unspecified atom stereocenters. The Morgan fingerprint density at radius 1 is 1.38 bits per heavy atom. The number of benzene rings is 1. The van der Waals surface area contributed by atoms with Gasteiger partial charge in [-0.3, -0.25) is 9.69 Å². The average molecular weight is 385 g/mol. The molecule has 0 radical (unpaired) electrons. The third kappa shape index (κ3) is 5.27. The van der Waals surface area contributed by atoms with Gasteiger partial charge in [-0.1, -0.05) is 27.5 Å². The van der Waals surface area contributed by atoms with E-state index in [1.54, 1.807) is 18.2 Å². The molecular formula is C14H14BrClF3NO. The molecular weight excluding hydrogens is 371 g/mol. The molecule has 0 spiro atoms. The first kappa shape index (κ1) is 16.8. The number of carbonyl (C=O) groups excluding carboxylic acids is 1. The fourth-order valence-electron chi connectivity index (χ4n) is 2.16. The zero-order valence-corrected chi connectivity index (χ0v) is 13.4. The molecule has 0 aromatic heterocycles. The molecule has 7 heteroatoms. The zero-order valence-electron chi connectivity index (χ0n) is 11.1. The van der Waals surface area contributed by atoms with Gasteiger partial charge in [-0.15, -0.1) is 0 Å². The molecule has 0 saturated heterocycles. The summed E-state index contributed by atoms with van der Waals surface area (Å²) >= 11 is 9.22. The van der Waals surface area contributed by atoms with Crippen LogP contribution in [0.25, 0.3) is 0 Å². The number of alkyl halides is 3. The van der Waals surface area contributed by atoms with E-state index in [-0.39, 0.29) is 24.8 Å². The molecule has 1 aliphatic carbocycles. The fraction of sp³-hybridized carbons (Fsp3) is 0.500. The van der Waals surface area contributed by atoms with Crippen LogP contribution >= 0.6 is 27.5 Å². The molecule has 0 aliphatic heterocycles. The van der Waals surface area contributed by atoms with Crippen LogP contribution in [-0.4, -0.2) is 36.0 Å². The average Bonchev–Trinajstić information content (AvgIpc) is 3.16. The van der Waals surface area contributed by atoms with Crippen LogP contribution in [0.4, 0.5) is 13.2 Å². The van der Waals surface area contributed by atoms with E-state index in [2.05, 4.69) is 15.9 Å². The van der Waals surface area contributed by atoms with Crippen LogP contribution in [0.2, 0.25) is 5.02 Å². The monoisotopic (exact) mass is 383 g/mol. The molecule has 1 aliphatic rings. The van der Waals surface area contributed by atoms with E-state index in [9.17, 15) is 18.0 Å². The van der Waals surface area contributed by atoms with E-state index in [0.29, 0.717) is 10.6 Å². The minimum Gasteiger partial charge on any atom is -0.294 e. The van der Waals surface area contributed by atoms with E-state index in [4.69, 9.17) is 11.6 Å². The van der Waals surface area contributed by atoms with Gasteiger partial charge in [0.25, 0.3) is 0 Å². The second-order valence-corrected chi connectivity index (χ2v) is 6.44. The molecule has 0 N–H and O–H groups in total. The van der Waals surface area contributed by atoms with E-state index in [1.807, 2.05) is 0 Å². The van der Waals surface area contributed by atoms with Crippen molar-refractivity contribution in [3.63, 3.8) is 0 Å². The SMILES string of the molecule is O=C(CCN(CC(F)(F)F)C1CC1)c1ccc(Br)cc1Cl. The van der Waals surface area contributed by atoms with Crippen molar-refractivity contribution in [3.05, 3.63) is 33.3 Å². The van der Waals surface area contributed by atoms with E-state index < -0.39 is 12.7 Å². The van der Waals surface area contributed by atoms with Gasteiger partial charge in [0.15, 0.2) is 5.78 Å². The van der Waals surface area contributed by atoms with Crippen molar-refractivity contribution in [1.82, 2.24) is 4.90 Å². The summed E-state index contributed by atoms with van der Waals surface area (Å²) in [7, 11) is 0. The summed E-state index contributed by atoms with van der Waals surface area (Å²) in [5, 5.41) is 0.308. The molecule has 1 saturated carbocycles.